The first-order valence-electron chi connectivity index (χ1n) is 23.1. The van der Waals surface area contributed by atoms with Crippen LogP contribution in [0.1, 0.15) is 22.3 Å². The zero-order valence-electron chi connectivity index (χ0n) is 36.7. The van der Waals surface area contributed by atoms with E-state index in [1.54, 1.807) is 0 Å². The number of nitrogens with zero attached hydrogens (tertiary/aromatic N) is 1. The summed E-state index contributed by atoms with van der Waals surface area (Å²) >= 11 is 0. The smallest absolute Gasteiger partial charge is 0.145 e. The molecule has 12 aromatic rings. The molecule has 0 saturated heterocycles. The maximum atomic E-state index is 7.27. The fourth-order valence-corrected chi connectivity index (χ4v) is 11.0. The highest BCUT2D eigenvalue weighted by atomic mass is 16.3. The third-order valence-corrected chi connectivity index (χ3v) is 13.9. The molecule has 0 N–H and O–H groups in total. The van der Waals surface area contributed by atoms with E-state index < -0.39 is 5.41 Å². The molecule has 1 aliphatic rings. The highest BCUT2D eigenvalue weighted by molar-refractivity contribution is 6.20. The first-order valence-corrected chi connectivity index (χ1v) is 23.1. The molecule has 67 heavy (non-hydrogen) atoms. The maximum absolute atomic E-state index is 7.27. The van der Waals surface area contributed by atoms with Gasteiger partial charge in [0, 0.05) is 27.8 Å². The summed E-state index contributed by atoms with van der Waals surface area (Å²) in [5, 5.41) is 4.60. The molecule has 1 aromatic heterocycles. The van der Waals surface area contributed by atoms with Gasteiger partial charge in [0.05, 0.1) is 22.2 Å². The van der Waals surface area contributed by atoms with Crippen molar-refractivity contribution < 1.29 is 4.42 Å². The van der Waals surface area contributed by atoms with Gasteiger partial charge in [-0.05, 0) is 97.2 Å². The van der Waals surface area contributed by atoms with Gasteiger partial charge < -0.3 is 9.32 Å². The lowest BCUT2D eigenvalue weighted by atomic mass is 9.68. The topological polar surface area (TPSA) is 16.4 Å². The van der Waals surface area contributed by atoms with Crippen LogP contribution in [-0.2, 0) is 5.41 Å². The number of hydrogen-bond acceptors (Lipinski definition) is 2. The van der Waals surface area contributed by atoms with Gasteiger partial charge in [0.2, 0.25) is 0 Å². The van der Waals surface area contributed by atoms with Crippen LogP contribution in [0, 0.1) is 0 Å². The molecular weight excluding hydrogens is 811 g/mol. The molecule has 0 unspecified atom stereocenters. The van der Waals surface area contributed by atoms with E-state index in [4.69, 9.17) is 4.42 Å². The Bertz CT molecular complexity index is 3740. The van der Waals surface area contributed by atoms with Crippen LogP contribution in [0.15, 0.2) is 265 Å². The first kappa shape index (κ1) is 38.7. The Morgan fingerprint density at radius 3 is 1.58 bits per heavy atom. The molecular formula is C65H43NO. The van der Waals surface area contributed by atoms with Gasteiger partial charge in [-0.15, -0.1) is 0 Å². The zero-order valence-corrected chi connectivity index (χ0v) is 36.7. The molecule has 0 radical (unpaired) electrons. The van der Waals surface area contributed by atoms with Crippen LogP contribution in [0.2, 0.25) is 0 Å². The summed E-state index contributed by atoms with van der Waals surface area (Å²) in [6.45, 7) is 0. The average molecular weight is 854 g/mol. The van der Waals surface area contributed by atoms with Crippen molar-refractivity contribution in [1.29, 1.82) is 0 Å². The van der Waals surface area contributed by atoms with Crippen LogP contribution < -0.4 is 4.90 Å². The molecule has 2 heteroatoms. The summed E-state index contributed by atoms with van der Waals surface area (Å²) in [5.41, 5.74) is 18.5. The molecule has 0 atom stereocenters. The van der Waals surface area contributed by atoms with Crippen molar-refractivity contribution in [3.05, 3.63) is 283 Å². The Labute approximate surface area is 390 Å². The molecule has 13 rings (SSSR count). The number of furan rings is 1. The summed E-state index contributed by atoms with van der Waals surface area (Å²) in [6.07, 6.45) is 0. The molecule has 2 nitrogen and oxygen atoms in total. The van der Waals surface area contributed by atoms with Crippen molar-refractivity contribution >= 4 is 49.8 Å². The Hall–Kier alpha value is -8.72. The van der Waals surface area contributed by atoms with Gasteiger partial charge in [-0.25, -0.2) is 0 Å². The summed E-state index contributed by atoms with van der Waals surface area (Å²) in [5.74, 6) is 0. The molecule has 0 saturated carbocycles. The SMILES string of the molecule is c1ccc(-c2cccc3c2oc2c(-c4ccccc4)ccc(N(c4ccc(-c5ccc6ccccc6c5)cc4)c4cccc5c4-c4ccccc4C5(c4ccccc4)c4ccccc4)c23)cc1. The van der Waals surface area contributed by atoms with Crippen LogP contribution in [0.25, 0.3) is 77.2 Å². The minimum Gasteiger partial charge on any atom is -0.455 e. The van der Waals surface area contributed by atoms with Gasteiger partial charge >= 0.3 is 0 Å². The molecule has 314 valence electrons. The highest BCUT2D eigenvalue weighted by Crippen LogP contribution is 2.60. The van der Waals surface area contributed by atoms with Crippen molar-refractivity contribution in [2.24, 2.45) is 0 Å². The van der Waals surface area contributed by atoms with Crippen LogP contribution >= 0.6 is 0 Å². The monoisotopic (exact) mass is 853 g/mol. The predicted octanol–water partition coefficient (Wildman–Crippen LogP) is 17.6. The zero-order chi connectivity index (χ0) is 44.3. The van der Waals surface area contributed by atoms with Gasteiger partial charge in [-0.2, -0.15) is 0 Å². The van der Waals surface area contributed by atoms with Gasteiger partial charge in [-0.1, -0.05) is 224 Å². The minimum absolute atomic E-state index is 0.560. The van der Waals surface area contributed by atoms with Crippen molar-refractivity contribution in [3.8, 4) is 44.5 Å². The highest BCUT2D eigenvalue weighted by Gasteiger charge is 2.47. The van der Waals surface area contributed by atoms with Gasteiger partial charge in [0.1, 0.15) is 11.2 Å². The third kappa shape index (κ3) is 6.11. The second-order valence-electron chi connectivity index (χ2n) is 17.5. The Kier molecular flexibility index (Phi) is 9.11. The number of anilines is 3. The first-order chi connectivity index (χ1) is 33.3. The Balaban J connectivity index is 1.12. The van der Waals surface area contributed by atoms with E-state index in [9.17, 15) is 0 Å². The number of hydrogen-bond donors (Lipinski definition) is 0. The predicted molar refractivity (Wildman–Crippen MR) is 280 cm³/mol. The quantitative estimate of drug-likeness (QED) is 0.151. The van der Waals surface area contributed by atoms with E-state index in [0.717, 1.165) is 66.8 Å². The molecule has 1 heterocycles. The molecule has 11 aromatic carbocycles. The lowest BCUT2D eigenvalue weighted by Gasteiger charge is -2.34. The second kappa shape index (κ2) is 15.8. The number of fused-ring (bicyclic) bond motifs is 7. The molecule has 0 spiro atoms. The fraction of sp³-hybridized carbons (Fsp3) is 0.0154. The maximum Gasteiger partial charge on any atom is 0.145 e. The van der Waals surface area contributed by atoms with Crippen molar-refractivity contribution in [3.63, 3.8) is 0 Å². The van der Waals surface area contributed by atoms with E-state index in [1.807, 2.05) is 0 Å². The average Bonchev–Trinajstić information content (AvgIpc) is 3.95. The molecule has 0 aliphatic heterocycles. The Morgan fingerprint density at radius 1 is 0.328 bits per heavy atom. The van der Waals surface area contributed by atoms with Crippen LogP contribution in [0.4, 0.5) is 17.1 Å². The van der Waals surface area contributed by atoms with E-state index in [0.29, 0.717) is 0 Å². The number of rotatable bonds is 8. The second-order valence-corrected chi connectivity index (χ2v) is 17.5. The van der Waals surface area contributed by atoms with Gasteiger partial charge in [-0.3, -0.25) is 0 Å². The van der Waals surface area contributed by atoms with E-state index in [2.05, 4.69) is 266 Å². The summed E-state index contributed by atoms with van der Waals surface area (Å²) in [6, 6.07) is 94.9. The van der Waals surface area contributed by atoms with E-state index >= 15 is 0 Å². The standard InChI is InChI=1S/C65H43NO/c1-5-20-46(21-6-1)53-30-17-31-56-62-60(42-41-54(64(62)67-63(53)56)47-22-7-2-8-23-47)66(52-39-37-45(38-40-52)49-36-35-44-19-13-14-24-48(44)43-49)59-34-18-33-58-61(59)55-29-15-16-32-57(55)65(58,50-25-9-3-10-26-50)51-27-11-4-12-28-51/h1-43H. The van der Waals surface area contributed by atoms with Crippen molar-refractivity contribution in [2.45, 2.75) is 5.41 Å². The third-order valence-electron chi connectivity index (χ3n) is 13.9. The Morgan fingerprint density at radius 2 is 0.881 bits per heavy atom. The van der Waals surface area contributed by atoms with Crippen molar-refractivity contribution in [2.75, 3.05) is 4.90 Å². The largest absolute Gasteiger partial charge is 0.455 e. The normalized spacial score (nSPS) is 12.6. The minimum atomic E-state index is -0.560. The van der Waals surface area contributed by atoms with Crippen LogP contribution in [0.5, 0.6) is 0 Å². The summed E-state index contributed by atoms with van der Waals surface area (Å²) in [7, 11) is 0. The molecule has 1 aliphatic carbocycles. The lowest BCUT2D eigenvalue weighted by Crippen LogP contribution is -2.28. The van der Waals surface area contributed by atoms with Gasteiger partial charge in [0.25, 0.3) is 0 Å². The lowest BCUT2D eigenvalue weighted by molar-refractivity contribution is 0.671. The molecule has 0 bridgehead atoms. The van der Waals surface area contributed by atoms with E-state index in [1.165, 1.54) is 49.7 Å². The summed E-state index contributed by atoms with van der Waals surface area (Å²) in [4.78, 5) is 2.49. The number of para-hydroxylation sites is 1. The van der Waals surface area contributed by atoms with Crippen molar-refractivity contribution in [1.82, 2.24) is 0 Å². The molecule has 0 fully saturated rings. The van der Waals surface area contributed by atoms with Crippen LogP contribution in [-0.4, -0.2) is 0 Å². The van der Waals surface area contributed by atoms with E-state index in [-0.39, 0.29) is 0 Å². The van der Waals surface area contributed by atoms with Gasteiger partial charge in [0.15, 0.2) is 0 Å². The summed E-state index contributed by atoms with van der Waals surface area (Å²) < 4.78 is 7.27. The fourth-order valence-electron chi connectivity index (χ4n) is 11.0. The van der Waals surface area contributed by atoms with Crippen LogP contribution in [0.3, 0.4) is 0 Å². The number of benzene rings is 11. The molecule has 0 amide bonds.